The molecule has 4 aromatic carbocycles. The van der Waals surface area contributed by atoms with Gasteiger partial charge in [-0.15, -0.1) is 0 Å². The average Bonchev–Trinajstić information content (AvgIpc) is 3.00. The summed E-state index contributed by atoms with van der Waals surface area (Å²) in [5, 5.41) is 3.09. The molecule has 1 atom stereocenters. The first kappa shape index (κ1) is 27.2. The van der Waals surface area contributed by atoms with Crippen LogP contribution in [0.25, 0.3) is 0 Å². The number of aryl methyl sites for hydroxylation is 1. The van der Waals surface area contributed by atoms with Gasteiger partial charge in [0.05, 0.1) is 19.6 Å². The lowest BCUT2D eigenvalue weighted by Gasteiger charge is -2.32. The number of nitrogens with one attached hydrogen (secondary N) is 1. The molecule has 40 heavy (non-hydrogen) atoms. The van der Waals surface area contributed by atoms with Crippen molar-refractivity contribution in [3.8, 4) is 0 Å². The summed E-state index contributed by atoms with van der Waals surface area (Å²) in [7, 11) is 0. The number of carbonyl (C=O) groups excluding carboxylic acids is 2. The van der Waals surface area contributed by atoms with E-state index in [-0.39, 0.29) is 18.2 Å². The molecule has 2 amide bonds. The SMILES string of the molecule is Cc1ccc(CN(C(=O)Cc2ccccc2)C(C(=O)Nc2ccc(N3CCOCC3)cc2)c2ccccc2)cc1. The molecule has 0 aliphatic carbocycles. The Bertz CT molecular complexity index is 1380. The fourth-order valence-corrected chi connectivity index (χ4v) is 4.98. The molecule has 0 bridgehead atoms. The summed E-state index contributed by atoms with van der Waals surface area (Å²) in [5.41, 5.74) is 5.57. The molecule has 0 radical (unpaired) electrons. The predicted octanol–water partition coefficient (Wildman–Crippen LogP) is 5.78. The van der Waals surface area contributed by atoms with Crippen LogP contribution in [-0.2, 0) is 27.3 Å². The summed E-state index contributed by atoms with van der Waals surface area (Å²) >= 11 is 0. The van der Waals surface area contributed by atoms with Gasteiger partial charge in [0.25, 0.3) is 5.91 Å². The van der Waals surface area contributed by atoms with Gasteiger partial charge in [-0.25, -0.2) is 0 Å². The van der Waals surface area contributed by atoms with E-state index in [1.165, 1.54) is 0 Å². The zero-order valence-corrected chi connectivity index (χ0v) is 22.8. The van der Waals surface area contributed by atoms with Crippen molar-refractivity contribution in [2.24, 2.45) is 0 Å². The Hall–Kier alpha value is -4.42. The van der Waals surface area contributed by atoms with Gasteiger partial charge in [0.15, 0.2) is 0 Å². The number of hydrogen-bond donors (Lipinski definition) is 1. The van der Waals surface area contributed by atoms with Crippen LogP contribution in [0.2, 0.25) is 0 Å². The Kier molecular flexibility index (Phi) is 8.89. The molecule has 4 aromatic rings. The van der Waals surface area contributed by atoms with Crippen LogP contribution in [0.1, 0.15) is 28.3 Å². The molecule has 0 saturated carbocycles. The van der Waals surface area contributed by atoms with Crippen molar-refractivity contribution in [1.29, 1.82) is 0 Å². The van der Waals surface area contributed by atoms with Gasteiger partial charge < -0.3 is 19.9 Å². The van der Waals surface area contributed by atoms with Gasteiger partial charge in [0.1, 0.15) is 6.04 Å². The second-order valence-corrected chi connectivity index (χ2v) is 10.1. The molecule has 0 aromatic heterocycles. The van der Waals surface area contributed by atoms with Crippen LogP contribution in [0.4, 0.5) is 11.4 Å². The normalized spacial score (nSPS) is 13.9. The number of anilines is 2. The predicted molar refractivity (Wildman–Crippen MR) is 159 cm³/mol. The van der Waals surface area contributed by atoms with Crippen LogP contribution in [0.5, 0.6) is 0 Å². The third-order valence-electron chi connectivity index (χ3n) is 7.18. The first-order chi connectivity index (χ1) is 19.6. The van der Waals surface area contributed by atoms with Crippen LogP contribution < -0.4 is 10.2 Å². The average molecular weight is 534 g/mol. The second kappa shape index (κ2) is 13.1. The zero-order valence-electron chi connectivity index (χ0n) is 22.8. The molecule has 1 heterocycles. The number of ether oxygens (including phenoxy) is 1. The van der Waals surface area contributed by atoms with Crippen molar-refractivity contribution in [3.05, 3.63) is 131 Å². The highest BCUT2D eigenvalue weighted by molar-refractivity contribution is 5.98. The number of benzene rings is 4. The minimum atomic E-state index is -0.808. The lowest BCUT2D eigenvalue weighted by molar-refractivity contribution is -0.139. The highest BCUT2D eigenvalue weighted by Gasteiger charge is 2.31. The molecule has 0 spiro atoms. The molecule has 1 saturated heterocycles. The molecule has 5 rings (SSSR count). The summed E-state index contributed by atoms with van der Waals surface area (Å²) in [5.74, 6) is -0.364. The molecule has 1 aliphatic rings. The first-order valence-electron chi connectivity index (χ1n) is 13.7. The maximum absolute atomic E-state index is 14.0. The summed E-state index contributed by atoms with van der Waals surface area (Å²) < 4.78 is 5.46. The standard InChI is InChI=1S/C34H35N3O3/c1-26-12-14-28(15-13-26)25-37(32(38)24-27-8-4-2-5-9-27)33(29-10-6-3-7-11-29)34(39)35-30-16-18-31(19-17-30)36-20-22-40-23-21-36/h2-19,33H,20-25H2,1H3,(H,35,39). The van der Waals surface area contributed by atoms with Crippen LogP contribution in [0.15, 0.2) is 109 Å². The van der Waals surface area contributed by atoms with Crippen LogP contribution >= 0.6 is 0 Å². The summed E-state index contributed by atoms with van der Waals surface area (Å²) in [6.45, 7) is 5.47. The van der Waals surface area contributed by atoms with E-state index < -0.39 is 6.04 Å². The third-order valence-corrected chi connectivity index (χ3v) is 7.18. The zero-order chi connectivity index (χ0) is 27.7. The summed E-state index contributed by atoms with van der Waals surface area (Å²) in [4.78, 5) is 31.9. The van der Waals surface area contributed by atoms with Crippen LogP contribution in [-0.4, -0.2) is 43.0 Å². The van der Waals surface area contributed by atoms with E-state index >= 15 is 0 Å². The van der Waals surface area contributed by atoms with Gasteiger partial charge in [-0.1, -0.05) is 90.5 Å². The smallest absolute Gasteiger partial charge is 0.251 e. The largest absolute Gasteiger partial charge is 0.378 e. The monoisotopic (exact) mass is 533 g/mol. The minimum Gasteiger partial charge on any atom is -0.378 e. The van der Waals surface area contributed by atoms with Gasteiger partial charge in [-0.3, -0.25) is 9.59 Å². The summed E-state index contributed by atoms with van der Waals surface area (Å²) in [6.07, 6.45) is 0.206. The van der Waals surface area contributed by atoms with E-state index in [0.717, 1.165) is 41.0 Å². The number of hydrogen-bond acceptors (Lipinski definition) is 4. The maximum Gasteiger partial charge on any atom is 0.251 e. The quantitative estimate of drug-likeness (QED) is 0.296. The van der Waals surface area contributed by atoms with Crippen molar-refractivity contribution < 1.29 is 14.3 Å². The van der Waals surface area contributed by atoms with Gasteiger partial charge in [-0.05, 0) is 47.9 Å². The van der Waals surface area contributed by atoms with Crippen LogP contribution in [0, 0.1) is 6.92 Å². The van der Waals surface area contributed by atoms with E-state index in [0.29, 0.717) is 25.4 Å². The van der Waals surface area contributed by atoms with Gasteiger partial charge in [-0.2, -0.15) is 0 Å². The number of amides is 2. The molecule has 1 fully saturated rings. The first-order valence-corrected chi connectivity index (χ1v) is 13.7. The fourth-order valence-electron chi connectivity index (χ4n) is 4.98. The molecule has 1 unspecified atom stereocenters. The van der Waals surface area contributed by atoms with Crippen molar-refractivity contribution in [2.75, 3.05) is 36.5 Å². The molecule has 204 valence electrons. The number of rotatable bonds is 9. The van der Waals surface area contributed by atoms with Crippen molar-refractivity contribution in [3.63, 3.8) is 0 Å². The van der Waals surface area contributed by atoms with E-state index in [1.807, 2.05) is 116 Å². The van der Waals surface area contributed by atoms with Crippen molar-refractivity contribution in [1.82, 2.24) is 4.90 Å². The molecule has 6 heteroatoms. The third kappa shape index (κ3) is 6.96. The van der Waals surface area contributed by atoms with E-state index in [2.05, 4.69) is 10.2 Å². The minimum absolute atomic E-state index is 0.113. The van der Waals surface area contributed by atoms with E-state index in [9.17, 15) is 9.59 Å². The Morgan fingerprint density at radius 1 is 0.800 bits per heavy atom. The maximum atomic E-state index is 14.0. The van der Waals surface area contributed by atoms with Gasteiger partial charge in [0, 0.05) is 31.0 Å². The Morgan fingerprint density at radius 2 is 1.43 bits per heavy atom. The van der Waals surface area contributed by atoms with Crippen LogP contribution in [0.3, 0.4) is 0 Å². The van der Waals surface area contributed by atoms with Crippen molar-refractivity contribution >= 4 is 23.2 Å². The summed E-state index contributed by atoms with van der Waals surface area (Å²) in [6, 6.07) is 34.4. The number of nitrogens with zero attached hydrogens (tertiary/aromatic N) is 2. The second-order valence-electron chi connectivity index (χ2n) is 10.1. The molecular weight excluding hydrogens is 498 g/mol. The number of carbonyl (C=O) groups is 2. The van der Waals surface area contributed by atoms with E-state index in [1.54, 1.807) is 4.90 Å². The van der Waals surface area contributed by atoms with Gasteiger partial charge >= 0.3 is 0 Å². The molecular formula is C34H35N3O3. The highest BCUT2D eigenvalue weighted by atomic mass is 16.5. The topological polar surface area (TPSA) is 61.9 Å². The highest BCUT2D eigenvalue weighted by Crippen LogP contribution is 2.27. The fraction of sp³-hybridized carbons (Fsp3) is 0.235. The Balaban J connectivity index is 1.44. The lowest BCUT2D eigenvalue weighted by Crippen LogP contribution is -2.41. The Morgan fingerprint density at radius 3 is 2.08 bits per heavy atom. The van der Waals surface area contributed by atoms with E-state index in [4.69, 9.17) is 4.74 Å². The molecule has 6 nitrogen and oxygen atoms in total. The van der Waals surface area contributed by atoms with Gasteiger partial charge in [0.2, 0.25) is 5.91 Å². The molecule has 1 aliphatic heterocycles. The van der Waals surface area contributed by atoms with Crippen molar-refractivity contribution in [2.45, 2.75) is 25.9 Å². The Labute approximate surface area is 236 Å². The lowest BCUT2D eigenvalue weighted by atomic mass is 10.0. The number of morpholine rings is 1. The molecule has 1 N–H and O–H groups in total.